The molecule has 0 N–H and O–H groups in total. The van der Waals surface area contributed by atoms with Crippen LogP contribution >= 0.6 is 45.7 Å². The molecule has 0 aromatic carbocycles. The Morgan fingerprint density at radius 3 is 1.89 bits per heavy atom. The molecule has 0 aliphatic carbocycles. The van der Waals surface area contributed by atoms with Gasteiger partial charge in [0.15, 0.2) is 0 Å². The van der Waals surface area contributed by atoms with Gasteiger partial charge in [-0.2, -0.15) is 1.33 Å². The van der Waals surface area contributed by atoms with Crippen LogP contribution in [0.15, 0.2) is 0 Å². The van der Waals surface area contributed by atoms with Crippen LogP contribution in [0.1, 0.15) is 6.92 Å². The highest BCUT2D eigenvalue weighted by Gasteiger charge is 2.05. The second-order valence-electron chi connectivity index (χ2n) is 2.30. The Bertz CT molecular complexity index is 75.4. The minimum absolute atomic E-state index is 0.638. The van der Waals surface area contributed by atoms with E-state index in [-0.39, 0.29) is 0 Å². The van der Waals surface area contributed by atoms with E-state index in [0.29, 0.717) is 6.04 Å². The zero-order valence-corrected chi connectivity index (χ0v) is 10.2. The molecule has 1 unspecified atom stereocenters. The van der Waals surface area contributed by atoms with Gasteiger partial charge >= 0.3 is 0 Å². The molecule has 0 aliphatic rings. The van der Waals surface area contributed by atoms with E-state index in [2.05, 4.69) is 73.0 Å². The summed E-state index contributed by atoms with van der Waals surface area (Å²) in [5.41, 5.74) is 0. The van der Waals surface area contributed by atoms with Gasteiger partial charge in [0.1, 0.15) is 0 Å². The number of rotatable bonds is 3. The molecule has 2 nitrogen and oxygen atoms in total. The first kappa shape index (κ1) is 10.4. The van der Waals surface area contributed by atoms with Crippen molar-refractivity contribution in [2.75, 3.05) is 20.6 Å². The van der Waals surface area contributed by atoms with Gasteiger partial charge in [0.05, 0.1) is 0 Å². The normalized spacial score (nSPS) is 15.0. The third kappa shape index (κ3) is 5.81. The number of halogens is 2. The van der Waals surface area contributed by atoms with E-state index >= 15 is 0 Å². The lowest BCUT2D eigenvalue weighted by Gasteiger charge is -2.20. The predicted molar refractivity (Wildman–Crippen MR) is 57.9 cm³/mol. The van der Waals surface area contributed by atoms with Crippen molar-refractivity contribution in [1.29, 1.82) is 0 Å². The second kappa shape index (κ2) is 5.09. The highest BCUT2D eigenvalue weighted by Crippen LogP contribution is 2.08. The number of hydrogen-bond donors (Lipinski definition) is 0. The highest BCUT2D eigenvalue weighted by molar-refractivity contribution is 14.2. The smallest absolute Gasteiger partial charge is 0.0338 e. The molecule has 1 atom stereocenters. The van der Waals surface area contributed by atoms with Gasteiger partial charge in [0.25, 0.3) is 0 Å². The fourth-order valence-electron chi connectivity index (χ4n) is 0.363. The van der Waals surface area contributed by atoms with Crippen LogP contribution in [0.4, 0.5) is 0 Å². The van der Waals surface area contributed by atoms with Gasteiger partial charge in [-0.25, -0.2) is 0 Å². The maximum Gasteiger partial charge on any atom is 0.0338 e. The average molecular weight is 354 g/mol. The van der Waals surface area contributed by atoms with Crippen LogP contribution in [-0.4, -0.2) is 32.9 Å². The summed E-state index contributed by atoms with van der Waals surface area (Å²) in [4.78, 5) is 2.21. The molecule has 0 saturated heterocycles. The van der Waals surface area contributed by atoms with Crippen LogP contribution in [0.2, 0.25) is 0 Å². The Hall–Kier alpha value is 1.38. The van der Waals surface area contributed by atoms with Gasteiger partial charge in [0, 0.05) is 58.3 Å². The summed E-state index contributed by atoms with van der Waals surface area (Å²) in [6, 6.07) is 0.638. The first-order valence-corrected chi connectivity index (χ1v) is 4.72. The van der Waals surface area contributed by atoms with E-state index in [9.17, 15) is 0 Å². The molecule has 0 bridgehead atoms. The average Bonchev–Trinajstić information content (AvgIpc) is 1.63. The van der Waals surface area contributed by atoms with E-state index in [1.54, 1.807) is 0 Å². The summed E-state index contributed by atoms with van der Waals surface area (Å²) in [5.74, 6) is 0. The lowest BCUT2D eigenvalue weighted by Crippen LogP contribution is -2.31. The largest absolute Gasteiger partial charge is 0.305 e. The zero-order chi connectivity index (χ0) is 7.44. The SMILES string of the molecule is CC(CN(I)I)N(C)C. The molecule has 0 saturated carbocycles. The highest BCUT2D eigenvalue weighted by atomic mass is 127. The van der Waals surface area contributed by atoms with Crippen molar-refractivity contribution in [1.82, 2.24) is 6.23 Å². The monoisotopic (exact) mass is 354 g/mol. The molecule has 0 heterocycles. The molecule has 0 radical (unpaired) electrons. The standard InChI is InChI=1S/C5H12I2N2/c1-5(8(2)3)4-9(6)7/h5H,4H2,1-3H3. The number of hydrogen-bond acceptors (Lipinski definition) is 2. The second-order valence-corrected chi connectivity index (χ2v) is 6.47. The third-order valence-electron chi connectivity index (χ3n) is 1.28. The summed E-state index contributed by atoms with van der Waals surface area (Å²) in [7, 11) is 4.20. The third-order valence-corrected chi connectivity index (χ3v) is 2.07. The Morgan fingerprint density at radius 2 is 1.78 bits per heavy atom. The van der Waals surface area contributed by atoms with Gasteiger partial charge in [0.2, 0.25) is 0 Å². The van der Waals surface area contributed by atoms with E-state index in [0.717, 1.165) is 6.54 Å². The number of likely N-dealkylation sites (N-methyl/N-ethyl adjacent to an activating group) is 1. The first-order valence-electron chi connectivity index (χ1n) is 2.79. The summed E-state index contributed by atoms with van der Waals surface area (Å²) >= 11 is 4.57. The molecule has 0 rings (SSSR count). The van der Waals surface area contributed by atoms with Crippen LogP contribution < -0.4 is 0 Å². The van der Waals surface area contributed by atoms with Gasteiger partial charge in [-0.15, -0.1) is 0 Å². The molecule has 0 aromatic heterocycles. The fraction of sp³-hybridized carbons (Fsp3) is 1.00. The van der Waals surface area contributed by atoms with Crippen LogP contribution in [0.3, 0.4) is 0 Å². The molecule has 0 spiro atoms. The van der Waals surface area contributed by atoms with Crippen LogP contribution in [0.25, 0.3) is 0 Å². The van der Waals surface area contributed by atoms with E-state index in [1.807, 2.05) is 0 Å². The Balaban J connectivity index is 3.38. The molecule has 0 aromatic rings. The van der Waals surface area contributed by atoms with Gasteiger partial charge in [-0.1, -0.05) is 0 Å². The summed E-state index contributed by atoms with van der Waals surface area (Å²) < 4.78 is 2.14. The Morgan fingerprint density at radius 1 is 1.33 bits per heavy atom. The fourth-order valence-corrected chi connectivity index (χ4v) is 1.50. The molecule has 0 fully saturated rings. The number of nitrogens with zero attached hydrogens (tertiary/aromatic N) is 2. The van der Waals surface area contributed by atoms with Crippen LogP contribution in [0, 0.1) is 0 Å². The summed E-state index contributed by atoms with van der Waals surface area (Å²) in [5, 5.41) is 0. The molecule has 0 amide bonds. The maximum atomic E-state index is 2.28. The molecular formula is C5H12I2N2. The van der Waals surface area contributed by atoms with Crippen molar-refractivity contribution < 1.29 is 0 Å². The van der Waals surface area contributed by atoms with Gasteiger partial charge in [-0.3, -0.25) is 0 Å². The topological polar surface area (TPSA) is 6.48 Å². The lowest BCUT2D eigenvalue weighted by atomic mass is 10.3. The lowest BCUT2D eigenvalue weighted by molar-refractivity contribution is 0.305. The quantitative estimate of drug-likeness (QED) is 0.565. The van der Waals surface area contributed by atoms with Crippen molar-refractivity contribution in [2.24, 2.45) is 0 Å². The van der Waals surface area contributed by atoms with Gasteiger partial charge < -0.3 is 4.90 Å². The molecule has 0 aliphatic heterocycles. The molecular weight excluding hydrogens is 342 g/mol. The van der Waals surface area contributed by atoms with Crippen molar-refractivity contribution >= 4 is 45.7 Å². The van der Waals surface area contributed by atoms with E-state index in [4.69, 9.17) is 0 Å². The van der Waals surface area contributed by atoms with Crippen LogP contribution in [-0.2, 0) is 0 Å². The molecule has 4 heteroatoms. The Kier molecular flexibility index (Phi) is 5.87. The van der Waals surface area contributed by atoms with Crippen molar-refractivity contribution in [3.63, 3.8) is 0 Å². The summed E-state index contributed by atoms with van der Waals surface area (Å²) in [6.07, 6.45) is 0. The Labute approximate surface area is 85.0 Å². The van der Waals surface area contributed by atoms with Crippen molar-refractivity contribution in [3.05, 3.63) is 0 Å². The molecule has 56 valence electrons. The summed E-state index contributed by atoms with van der Waals surface area (Å²) in [6.45, 7) is 3.32. The zero-order valence-electron chi connectivity index (χ0n) is 5.93. The van der Waals surface area contributed by atoms with Crippen molar-refractivity contribution in [2.45, 2.75) is 13.0 Å². The first-order chi connectivity index (χ1) is 4.04. The predicted octanol–water partition coefficient (Wildman–Crippen LogP) is 1.94. The molecule has 9 heavy (non-hydrogen) atoms. The van der Waals surface area contributed by atoms with Crippen molar-refractivity contribution in [3.8, 4) is 0 Å². The maximum absolute atomic E-state index is 2.28. The van der Waals surface area contributed by atoms with E-state index in [1.165, 1.54) is 0 Å². The minimum atomic E-state index is 0.638. The van der Waals surface area contributed by atoms with Crippen LogP contribution in [0.5, 0.6) is 0 Å². The minimum Gasteiger partial charge on any atom is -0.305 e. The van der Waals surface area contributed by atoms with Gasteiger partial charge in [-0.05, 0) is 21.0 Å². The van der Waals surface area contributed by atoms with E-state index < -0.39 is 0 Å².